The molecule has 0 aliphatic heterocycles. The van der Waals surface area contributed by atoms with Gasteiger partial charge in [0.2, 0.25) is 0 Å². The average molecular weight is 201 g/mol. The summed E-state index contributed by atoms with van der Waals surface area (Å²) in [6, 6.07) is 7.59. The number of nitrogens with zero attached hydrogens (tertiary/aromatic N) is 3. The number of aliphatic imine (C=N–C) groups is 1. The van der Waals surface area contributed by atoms with Crippen LogP contribution in [0.1, 0.15) is 5.82 Å². The van der Waals surface area contributed by atoms with Crippen LogP contribution in [-0.2, 0) is 0 Å². The third kappa shape index (κ3) is 1.85. The quantitative estimate of drug-likeness (QED) is 0.528. The zero-order valence-electron chi connectivity index (χ0n) is 8.31. The summed E-state index contributed by atoms with van der Waals surface area (Å²) in [6.07, 6.45) is 0. The summed E-state index contributed by atoms with van der Waals surface area (Å²) < 4.78 is 0. The normalized spacial score (nSPS) is 10.2. The summed E-state index contributed by atoms with van der Waals surface area (Å²) in [5.41, 5.74) is 11.5. The van der Waals surface area contributed by atoms with Gasteiger partial charge in [0, 0.05) is 5.39 Å². The largest absolute Gasteiger partial charge is 0.370 e. The molecule has 5 nitrogen and oxygen atoms in total. The van der Waals surface area contributed by atoms with Gasteiger partial charge in [0.05, 0.1) is 5.52 Å². The third-order valence-electron chi connectivity index (χ3n) is 1.93. The van der Waals surface area contributed by atoms with Gasteiger partial charge in [-0.05, 0) is 19.1 Å². The third-order valence-corrected chi connectivity index (χ3v) is 1.93. The van der Waals surface area contributed by atoms with Crippen molar-refractivity contribution in [3.63, 3.8) is 0 Å². The Morgan fingerprint density at radius 3 is 2.67 bits per heavy atom. The molecule has 0 saturated heterocycles. The van der Waals surface area contributed by atoms with Crippen LogP contribution >= 0.6 is 0 Å². The smallest absolute Gasteiger partial charge is 0.192 e. The van der Waals surface area contributed by atoms with Gasteiger partial charge in [0.25, 0.3) is 0 Å². The van der Waals surface area contributed by atoms with Crippen LogP contribution in [0.5, 0.6) is 0 Å². The first-order valence-corrected chi connectivity index (χ1v) is 4.50. The molecule has 2 aromatic rings. The van der Waals surface area contributed by atoms with Gasteiger partial charge in [-0.15, -0.1) is 0 Å². The Kier molecular flexibility index (Phi) is 2.21. The molecule has 1 aromatic heterocycles. The van der Waals surface area contributed by atoms with E-state index in [0.717, 1.165) is 10.9 Å². The van der Waals surface area contributed by atoms with Crippen LogP contribution in [-0.4, -0.2) is 15.9 Å². The first-order valence-electron chi connectivity index (χ1n) is 4.50. The zero-order chi connectivity index (χ0) is 10.8. The number of benzene rings is 1. The SMILES string of the molecule is Cc1nc(N=C(N)N)c2ccccc2n1. The maximum atomic E-state index is 5.33. The van der Waals surface area contributed by atoms with E-state index in [1.807, 2.05) is 24.3 Å². The van der Waals surface area contributed by atoms with Gasteiger partial charge in [0.15, 0.2) is 11.8 Å². The summed E-state index contributed by atoms with van der Waals surface area (Å²) in [5, 5.41) is 0.844. The topological polar surface area (TPSA) is 90.2 Å². The molecule has 0 saturated carbocycles. The van der Waals surface area contributed by atoms with Gasteiger partial charge in [-0.1, -0.05) is 12.1 Å². The van der Waals surface area contributed by atoms with E-state index in [1.54, 1.807) is 6.92 Å². The second-order valence-corrected chi connectivity index (χ2v) is 3.15. The van der Waals surface area contributed by atoms with E-state index in [2.05, 4.69) is 15.0 Å². The van der Waals surface area contributed by atoms with E-state index in [-0.39, 0.29) is 5.96 Å². The molecule has 0 fully saturated rings. The van der Waals surface area contributed by atoms with Gasteiger partial charge in [-0.3, -0.25) is 0 Å². The number of hydrogen-bond acceptors (Lipinski definition) is 3. The first kappa shape index (κ1) is 9.39. The van der Waals surface area contributed by atoms with Crippen molar-refractivity contribution in [2.75, 3.05) is 0 Å². The van der Waals surface area contributed by atoms with Gasteiger partial charge in [-0.25, -0.2) is 9.97 Å². The Hall–Kier alpha value is -2.17. The highest BCUT2D eigenvalue weighted by Crippen LogP contribution is 2.21. The molecule has 0 unspecified atom stereocenters. The van der Waals surface area contributed by atoms with Crippen molar-refractivity contribution in [2.24, 2.45) is 16.5 Å². The van der Waals surface area contributed by atoms with Crippen molar-refractivity contribution in [3.05, 3.63) is 30.1 Å². The lowest BCUT2D eigenvalue weighted by Gasteiger charge is -2.02. The van der Waals surface area contributed by atoms with Crippen LogP contribution in [0.3, 0.4) is 0 Å². The summed E-state index contributed by atoms with van der Waals surface area (Å²) in [7, 11) is 0. The minimum Gasteiger partial charge on any atom is -0.370 e. The minimum absolute atomic E-state index is 0.00162. The summed E-state index contributed by atoms with van der Waals surface area (Å²) in [4.78, 5) is 12.4. The molecule has 2 rings (SSSR count). The van der Waals surface area contributed by atoms with Crippen molar-refractivity contribution in [1.29, 1.82) is 0 Å². The lowest BCUT2D eigenvalue weighted by atomic mass is 10.2. The molecule has 1 heterocycles. The van der Waals surface area contributed by atoms with Gasteiger partial charge < -0.3 is 11.5 Å². The molecule has 0 amide bonds. The molecule has 15 heavy (non-hydrogen) atoms. The van der Waals surface area contributed by atoms with Crippen LogP contribution < -0.4 is 11.5 Å². The Bertz CT molecular complexity index is 528. The Morgan fingerprint density at radius 2 is 1.93 bits per heavy atom. The van der Waals surface area contributed by atoms with Crippen molar-refractivity contribution in [2.45, 2.75) is 6.92 Å². The monoisotopic (exact) mass is 201 g/mol. The van der Waals surface area contributed by atoms with E-state index >= 15 is 0 Å². The van der Waals surface area contributed by atoms with E-state index < -0.39 is 0 Å². The van der Waals surface area contributed by atoms with E-state index in [9.17, 15) is 0 Å². The highest BCUT2D eigenvalue weighted by Gasteiger charge is 2.03. The fourth-order valence-corrected chi connectivity index (χ4v) is 1.38. The average Bonchev–Trinajstić information content (AvgIpc) is 2.16. The predicted octanol–water partition coefficient (Wildman–Crippen LogP) is 0.843. The number of rotatable bonds is 1. The Balaban J connectivity index is 2.77. The summed E-state index contributed by atoms with van der Waals surface area (Å²) in [5.74, 6) is 1.16. The second-order valence-electron chi connectivity index (χ2n) is 3.15. The molecule has 4 N–H and O–H groups in total. The maximum absolute atomic E-state index is 5.33. The van der Waals surface area contributed by atoms with Crippen LogP contribution in [0.15, 0.2) is 29.3 Å². The number of hydrogen-bond donors (Lipinski definition) is 2. The molecular formula is C10H11N5. The second kappa shape index (κ2) is 3.53. The van der Waals surface area contributed by atoms with Crippen molar-refractivity contribution < 1.29 is 0 Å². The molecule has 5 heteroatoms. The first-order chi connectivity index (χ1) is 7.16. The number of aryl methyl sites for hydroxylation is 1. The standard InChI is InChI=1S/C10H11N5/c1-6-13-8-5-3-2-4-7(8)9(14-6)15-10(11)12/h2-5H,1H3,(H4,11,12,13,14,15). The molecular weight excluding hydrogens is 190 g/mol. The molecule has 0 radical (unpaired) electrons. The molecule has 0 bridgehead atoms. The molecule has 0 spiro atoms. The number of para-hydroxylation sites is 1. The molecule has 0 aliphatic rings. The predicted molar refractivity (Wildman–Crippen MR) is 59.7 cm³/mol. The molecule has 0 aliphatic carbocycles. The van der Waals surface area contributed by atoms with E-state index in [4.69, 9.17) is 11.5 Å². The number of aromatic nitrogens is 2. The van der Waals surface area contributed by atoms with Crippen molar-refractivity contribution >= 4 is 22.7 Å². The molecule has 76 valence electrons. The number of nitrogens with two attached hydrogens (primary N) is 2. The summed E-state index contributed by atoms with van der Waals surface area (Å²) in [6.45, 7) is 1.80. The number of fused-ring (bicyclic) bond motifs is 1. The highest BCUT2D eigenvalue weighted by molar-refractivity contribution is 5.91. The van der Waals surface area contributed by atoms with Crippen molar-refractivity contribution in [3.8, 4) is 0 Å². The Morgan fingerprint density at radius 1 is 1.20 bits per heavy atom. The van der Waals surface area contributed by atoms with E-state index in [1.165, 1.54) is 0 Å². The minimum atomic E-state index is -0.00162. The van der Waals surface area contributed by atoms with Crippen molar-refractivity contribution in [1.82, 2.24) is 9.97 Å². The van der Waals surface area contributed by atoms with Gasteiger partial charge in [-0.2, -0.15) is 4.99 Å². The van der Waals surface area contributed by atoms with Crippen LogP contribution in [0, 0.1) is 6.92 Å². The van der Waals surface area contributed by atoms with Crippen LogP contribution in [0.25, 0.3) is 10.9 Å². The van der Waals surface area contributed by atoms with Crippen LogP contribution in [0.2, 0.25) is 0 Å². The molecule has 0 atom stereocenters. The zero-order valence-corrected chi connectivity index (χ0v) is 8.31. The Labute approximate surface area is 86.9 Å². The lowest BCUT2D eigenvalue weighted by molar-refractivity contribution is 1.08. The van der Waals surface area contributed by atoms with Gasteiger partial charge in [0.1, 0.15) is 5.82 Å². The maximum Gasteiger partial charge on any atom is 0.192 e. The summed E-state index contributed by atoms with van der Waals surface area (Å²) >= 11 is 0. The highest BCUT2D eigenvalue weighted by atomic mass is 15.1. The van der Waals surface area contributed by atoms with E-state index in [0.29, 0.717) is 11.6 Å². The fourth-order valence-electron chi connectivity index (χ4n) is 1.38. The fraction of sp³-hybridized carbons (Fsp3) is 0.100. The lowest BCUT2D eigenvalue weighted by Crippen LogP contribution is -2.22. The van der Waals surface area contributed by atoms with Gasteiger partial charge >= 0.3 is 0 Å². The van der Waals surface area contributed by atoms with Crippen LogP contribution in [0.4, 0.5) is 5.82 Å². The molecule has 1 aromatic carbocycles. The number of guanidine groups is 1.